The first-order valence-electron chi connectivity index (χ1n) is 6.37. The predicted octanol–water partition coefficient (Wildman–Crippen LogP) is 6.53. The van der Waals surface area contributed by atoms with E-state index in [4.69, 9.17) is 0 Å². The lowest BCUT2D eigenvalue weighted by molar-refractivity contribution is 1.18. The Morgan fingerprint density at radius 1 is 0.600 bits per heavy atom. The van der Waals surface area contributed by atoms with Crippen LogP contribution in [-0.2, 0) is 0 Å². The van der Waals surface area contributed by atoms with Gasteiger partial charge in [0.2, 0.25) is 0 Å². The molecule has 0 saturated heterocycles. The molecule has 0 aliphatic carbocycles. The molecule has 2 aliphatic rings. The predicted molar refractivity (Wildman–Crippen MR) is 92.8 cm³/mol. The Bertz CT molecular complexity index is 683. The van der Waals surface area contributed by atoms with Crippen molar-refractivity contribution in [1.82, 2.24) is 0 Å². The second-order valence-corrected chi connectivity index (χ2v) is 9.45. The van der Waals surface area contributed by atoms with Gasteiger partial charge in [0.05, 0.1) is 8.47 Å². The molecule has 0 N–H and O–H groups in total. The van der Waals surface area contributed by atoms with Crippen molar-refractivity contribution in [1.29, 1.82) is 0 Å². The molecule has 0 aromatic heterocycles. The highest BCUT2D eigenvalue weighted by molar-refractivity contribution is 8.30. The summed E-state index contributed by atoms with van der Waals surface area (Å²) in [5.74, 6) is 0. The van der Waals surface area contributed by atoms with E-state index in [1.165, 1.54) is 39.2 Å². The minimum Gasteiger partial charge on any atom is -0.0798 e. The number of aryl methyl sites for hydroxylation is 2. The Morgan fingerprint density at radius 2 is 1.05 bits per heavy atom. The molecule has 4 rings (SSSR count). The molecule has 4 heteroatoms. The summed E-state index contributed by atoms with van der Waals surface area (Å²) in [7, 11) is 0. The van der Waals surface area contributed by atoms with Gasteiger partial charge in [-0.3, -0.25) is 0 Å². The molecule has 100 valence electrons. The van der Waals surface area contributed by atoms with Gasteiger partial charge in [0.1, 0.15) is 0 Å². The summed E-state index contributed by atoms with van der Waals surface area (Å²) in [4.78, 5) is 5.69. The molecule has 0 bridgehead atoms. The molecule has 0 atom stereocenters. The molecular weight excluding hydrogens is 320 g/mol. The molecule has 0 spiro atoms. The fraction of sp³-hybridized carbons (Fsp3) is 0.125. The number of thioether (sulfide) groups is 4. The summed E-state index contributed by atoms with van der Waals surface area (Å²) in [5.41, 5.74) is 2.77. The molecule has 2 aromatic rings. The average molecular weight is 333 g/mol. The Balaban J connectivity index is 1.72. The van der Waals surface area contributed by atoms with Crippen LogP contribution < -0.4 is 0 Å². The second-order valence-electron chi connectivity index (χ2n) is 4.79. The van der Waals surface area contributed by atoms with Crippen LogP contribution in [0.25, 0.3) is 0 Å². The molecule has 0 radical (unpaired) electrons. The SMILES string of the molecule is Cc1cccc2c1SC(=C1Sc3cccc(C)c3S1)S2. The third kappa shape index (κ3) is 2.13. The van der Waals surface area contributed by atoms with Crippen LogP contribution >= 0.6 is 47.0 Å². The van der Waals surface area contributed by atoms with Crippen LogP contribution in [-0.4, -0.2) is 0 Å². The van der Waals surface area contributed by atoms with E-state index in [2.05, 4.69) is 50.2 Å². The largest absolute Gasteiger partial charge is 0.0798 e. The Kier molecular flexibility index (Phi) is 3.38. The van der Waals surface area contributed by atoms with Crippen LogP contribution in [0.2, 0.25) is 0 Å². The minimum atomic E-state index is 1.39. The molecule has 0 amide bonds. The van der Waals surface area contributed by atoms with Crippen LogP contribution in [0, 0.1) is 13.8 Å². The summed E-state index contributed by atoms with van der Waals surface area (Å²) in [6, 6.07) is 13.2. The van der Waals surface area contributed by atoms with Gasteiger partial charge in [-0.25, -0.2) is 0 Å². The van der Waals surface area contributed by atoms with Crippen molar-refractivity contribution in [3.8, 4) is 0 Å². The van der Waals surface area contributed by atoms with E-state index < -0.39 is 0 Å². The average Bonchev–Trinajstić information content (AvgIpc) is 3.03. The molecule has 0 unspecified atom stereocenters. The first-order valence-corrected chi connectivity index (χ1v) is 9.64. The Morgan fingerprint density at radius 3 is 1.45 bits per heavy atom. The third-order valence-corrected chi connectivity index (χ3v) is 9.26. The zero-order chi connectivity index (χ0) is 13.7. The van der Waals surface area contributed by atoms with Crippen LogP contribution in [0.3, 0.4) is 0 Å². The molecular formula is C16H12S4. The lowest BCUT2D eigenvalue weighted by Gasteiger charge is -2.00. The van der Waals surface area contributed by atoms with E-state index >= 15 is 0 Å². The zero-order valence-corrected chi connectivity index (χ0v) is 14.4. The summed E-state index contributed by atoms with van der Waals surface area (Å²) in [5, 5.41) is 0. The van der Waals surface area contributed by atoms with Gasteiger partial charge in [-0.2, -0.15) is 0 Å². The third-order valence-electron chi connectivity index (χ3n) is 3.31. The standard InChI is InChI=1S/C16H12S4/c1-9-5-3-7-11-13(9)19-15(17-11)16-18-12-8-4-6-10(2)14(12)20-16/h3-8H,1-2H3. The van der Waals surface area contributed by atoms with Gasteiger partial charge in [0.25, 0.3) is 0 Å². The molecule has 2 aromatic carbocycles. The monoisotopic (exact) mass is 332 g/mol. The summed E-state index contributed by atoms with van der Waals surface area (Å²) in [6.45, 7) is 4.40. The molecule has 2 aliphatic heterocycles. The van der Waals surface area contributed by atoms with E-state index in [-0.39, 0.29) is 0 Å². The number of rotatable bonds is 0. The van der Waals surface area contributed by atoms with Gasteiger partial charge in [-0.1, -0.05) is 71.3 Å². The smallest absolute Gasteiger partial charge is 0.0706 e. The van der Waals surface area contributed by atoms with Crippen LogP contribution in [0.5, 0.6) is 0 Å². The van der Waals surface area contributed by atoms with Gasteiger partial charge >= 0.3 is 0 Å². The van der Waals surface area contributed by atoms with Gasteiger partial charge in [0, 0.05) is 19.6 Å². The van der Waals surface area contributed by atoms with E-state index in [9.17, 15) is 0 Å². The lowest BCUT2D eigenvalue weighted by Crippen LogP contribution is -1.75. The number of fused-ring (bicyclic) bond motifs is 2. The number of benzene rings is 2. The Labute approximate surface area is 136 Å². The van der Waals surface area contributed by atoms with Crippen LogP contribution in [0.15, 0.2) is 64.5 Å². The quantitative estimate of drug-likeness (QED) is 0.538. The van der Waals surface area contributed by atoms with E-state index in [0.29, 0.717) is 0 Å². The summed E-state index contributed by atoms with van der Waals surface area (Å²) in [6.07, 6.45) is 0. The molecule has 0 nitrogen and oxygen atoms in total. The van der Waals surface area contributed by atoms with E-state index in [1.807, 2.05) is 47.0 Å². The van der Waals surface area contributed by atoms with E-state index in [0.717, 1.165) is 0 Å². The van der Waals surface area contributed by atoms with Crippen molar-refractivity contribution < 1.29 is 0 Å². The highest BCUT2D eigenvalue weighted by Crippen LogP contribution is 2.62. The van der Waals surface area contributed by atoms with Crippen molar-refractivity contribution in [2.45, 2.75) is 33.4 Å². The number of hydrogen-bond donors (Lipinski definition) is 0. The lowest BCUT2D eigenvalue weighted by atomic mass is 10.2. The molecule has 0 saturated carbocycles. The fourth-order valence-corrected chi connectivity index (χ4v) is 7.84. The van der Waals surface area contributed by atoms with Gasteiger partial charge in [-0.05, 0) is 37.1 Å². The maximum atomic E-state index is 2.23. The van der Waals surface area contributed by atoms with Crippen molar-refractivity contribution >= 4 is 47.0 Å². The van der Waals surface area contributed by atoms with Crippen molar-refractivity contribution in [3.63, 3.8) is 0 Å². The van der Waals surface area contributed by atoms with Crippen molar-refractivity contribution in [2.75, 3.05) is 0 Å². The highest BCUT2D eigenvalue weighted by Gasteiger charge is 2.27. The van der Waals surface area contributed by atoms with Crippen LogP contribution in [0.4, 0.5) is 0 Å². The van der Waals surface area contributed by atoms with E-state index in [1.54, 1.807) is 0 Å². The van der Waals surface area contributed by atoms with Gasteiger partial charge in [-0.15, -0.1) is 0 Å². The molecule has 20 heavy (non-hydrogen) atoms. The highest BCUT2D eigenvalue weighted by atomic mass is 32.2. The first-order chi connectivity index (χ1) is 9.72. The second kappa shape index (κ2) is 5.09. The first kappa shape index (κ1) is 13.3. The van der Waals surface area contributed by atoms with Crippen molar-refractivity contribution in [2.24, 2.45) is 0 Å². The maximum Gasteiger partial charge on any atom is 0.0706 e. The molecule has 0 fully saturated rings. The van der Waals surface area contributed by atoms with Crippen molar-refractivity contribution in [3.05, 3.63) is 56.0 Å². The van der Waals surface area contributed by atoms with Gasteiger partial charge < -0.3 is 0 Å². The number of hydrogen-bond acceptors (Lipinski definition) is 4. The normalized spacial score (nSPS) is 20.1. The topological polar surface area (TPSA) is 0 Å². The molecule has 2 heterocycles. The summed E-state index contributed by atoms with van der Waals surface area (Å²) < 4.78 is 2.89. The minimum absolute atomic E-state index is 1.39. The summed E-state index contributed by atoms with van der Waals surface area (Å²) >= 11 is 7.72. The maximum absolute atomic E-state index is 2.23. The van der Waals surface area contributed by atoms with Crippen LogP contribution in [0.1, 0.15) is 11.1 Å². The zero-order valence-electron chi connectivity index (χ0n) is 11.1. The van der Waals surface area contributed by atoms with Gasteiger partial charge in [0.15, 0.2) is 0 Å². The fourth-order valence-electron chi connectivity index (χ4n) is 2.27. The Hall–Kier alpha value is -0.420.